The maximum atomic E-state index is 13.1. The molecule has 2 aromatic rings. The number of halogens is 3. The van der Waals surface area contributed by atoms with Gasteiger partial charge in [-0.15, -0.1) is 0 Å². The Morgan fingerprint density at radius 3 is 2.44 bits per heavy atom. The minimum absolute atomic E-state index is 0.0272. The fourth-order valence-electron chi connectivity index (χ4n) is 4.16. The van der Waals surface area contributed by atoms with Crippen molar-refractivity contribution in [3.05, 3.63) is 71.3 Å². The number of hydrogen-bond acceptors (Lipinski definition) is 3. The van der Waals surface area contributed by atoms with Crippen molar-refractivity contribution in [2.24, 2.45) is 5.92 Å². The summed E-state index contributed by atoms with van der Waals surface area (Å²) in [4.78, 5) is 29.1. The van der Waals surface area contributed by atoms with Crippen LogP contribution in [0.1, 0.15) is 48.2 Å². The quantitative estimate of drug-likeness (QED) is 0.538. The second-order valence-electron chi connectivity index (χ2n) is 8.99. The molecule has 8 heteroatoms. The number of hydrogen-bond donors (Lipinski definition) is 0. The molecule has 3 rings (SSSR count). The van der Waals surface area contributed by atoms with E-state index in [1.54, 1.807) is 4.90 Å². The predicted molar refractivity (Wildman–Crippen MR) is 123 cm³/mol. The Morgan fingerprint density at radius 1 is 1.03 bits per heavy atom. The molecule has 1 saturated heterocycles. The number of ether oxygens (including phenoxy) is 1. The molecule has 0 aliphatic carbocycles. The van der Waals surface area contributed by atoms with E-state index >= 15 is 0 Å². The third kappa shape index (κ3) is 7.06. The molecule has 0 bridgehead atoms. The van der Waals surface area contributed by atoms with Crippen molar-refractivity contribution >= 4 is 11.8 Å². The summed E-state index contributed by atoms with van der Waals surface area (Å²) in [6.45, 7) is 5.72. The monoisotopic (exact) mass is 476 g/mol. The van der Waals surface area contributed by atoms with Gasteiger partial charge in [-0.2, -0.15) is 13.2 Å². The topological polar surface area (TPSA) is 49.9 Å². The number of alkyl halides is 3. The van der Waals surface area contributed by atoms with Crippen LogP contribution in [0.2, 0.25) is 0 Å². The van der Waals surface area contributed by atoms with Gasteiger partial charge in [0.15, 0.2) is 0 Å². The smallest absolute Gasteiger partial charge is 0.375 e. The molecule has 0 radical (unpaired) electrons. The van der Waals surface area contributed by atoms with Crippen LogP contribution in [0.3, 0.4) is 0 Å². The molecule has 1 aliphatic rings. The Hall–Kier alpha value is -2.87. The molecule has 1 fully saturated rings. The lowest BCUT2D eigenvalue weighted by atomic mass is 10.0. The van der Waals surface area contributed by atoms with E-state index in [2.05, 4.69) is 13.8 Å². The van der Waals surface area contributed by atoms with E-state index in [1.807, 2.05) is 30.3 Å². The largest absolute Gasteiger partial charge is 0.416 e. The molecule has 2 amide bonds. The number of amides is 2. The van der Waals surface area contributed by atoms with Crippen LogP contribution in [0.15, 0.2) is 54.6 Å². The average molecular weight is 477 g/mol. The second kappa shape index (κ2) is 11.5. The molecule has 1 atom stereocenters. The normalized spacial score (nSPS) is 16.0. The van der Waals surface area contributed by atoms with E-state index in [0.717, 1.165) is 24.1 Å². The van der Waals surface area contributed by atoms with Gasteiger partial charge in [-0.1, -0.05) is 50.2 Å². The fourth-order valence-corrected chi connectivity index (χ4v) is 4.16. The summed E-state index contributed by atoms with van der Waals surface area (Å²) in [5.74, 6) is -0.237. The number of rotatable bonds is 8. The minimum Gasteiger partial charge on any atom is -0.375 e. The van der Waals surface area contributed by atoms with E-state index < -0.39 is 17.6 Å². The third-order valence-corrected chi connectivity index (χ3v) is 5.86. The van der Waals surface area contributed by atoms with Crippen LogP contribution in [0.5, 0.6) is 0 Å². The van der Waals surface area contributed by atoms with Gasteiger partial charge in [0.1, 0.15) is 0 Å². The van der Waals surface area contributed by atoms with Gasteiger partial charge >= 0.3 is 6.18 Å². The van der Waals surface area contributed by atoms with Crippen molar-refractivity contribution in [1.29, 1.82) is 0 Å². The van der Waals surface area contributed by atoms with Crippen LogP contribution < -0.4 is 0 Å². The van der Waals surface area contributed by atoms with Crippen molar-refractivity contribution < 1.29 is 27.5 Å². The molecular formula is C26H31F3N2O3. The molecule has 0 N–H and O–H groups in total. The molecule has 34 heavy (non-hydrogen) atoms. The molecule has 184 valence electrons. The van der Waals surface area contributed by atoms with Crippen LogP contribution in [-0.2, 0) is 22.3 Å². The Morgan fingerprint density at radius 2 is 1.76 bits per heavy atom. The SMILES string of the molecule is CC(C)CC(COCc1ccccc1)N1CCN(C(=O)c2cccc(C(F)(F)F)c2)CCC1=O. The molecule has 0 spiro atoms. The fraction of sp³-hybridized carbons (Fsp3) is 0.462. The summed E-state index contributed by atoms with van der Waals surface area (Å²) >= 11 is 0. The molecular weight excluding hydrogens is 445 g/mol. The van der Waals surface area contributed by atoms with Gasteiger partial charge in [-0.05, 0) is 36.1 Å². The number of carbonyl (C=O) groups is 2. The second-order valence-corrected chi connectivity index (χ2v) is 8.99. The van der Waals surface area contributed by atoms with Crippen LogP contribution in [0.4, 0.5) is 13.2 Å². The van der Waals surface area contributed by atoms with Crippen LogP contribution in [0.25, 0.3) is 0 Å². The van der Waals surface area contributed by atoms with Crippen molar-refractivity contribution in [2.45, 2.75) is 45.5 Å². The maximum Gasteiger partial charge on any atom is 0.416 e. The Kier molecular flexibility index (Phi) is 8.72. The summed E-state index contributed by atoms with van der Waals surface area (Å²) in [7, 11) is 0. The molecule has 5 nitrogen and oxygen atoms in total. The maximum absolute atomic E-state index is 13.1. The zero-order valence-corrected chi connectivity index (χ0v) is 19.6. The minimum atomic E-state index is -4.52. The predicted octanol–water partition coefficient (Wildman–Crippen LogP) is 5.01. The Labute approximate surface area is 198 Å². The lowest BCUT2D eigenvalue weighted by Crippen LogP contribution is -2.45. The lowest BCUT2D eigenvalue weighted by Gasteiger charge is -2.32. The molecule has 1 aliphatic heterocycles. The zero-order chi connectivity index (χ0) is 24.7. The lowest BCUT2D eigenvalue weighted by molar-refractivity contribution is -0.137. The highest BCUT2D eigenvalue weighted by Crippen LogP contribution is 2.30. The van der Waals surface area contributed by atoms with Crippen molar-refractivity contribution in [1.82, 2.24) is 9.80 Å². The number of nitrogens with zero attached hydrogens (tertiary/aromatic N) is 2. The van der Waals surface area contributed by atoms with E-state index in [9.17, 15) is 22.8 Å². The van der Waals surface area contributed by atoms with Gasteiger partial charge in [-0.3, -0.25) is 9.59 Å². The molecule has 0 saturated carbocycles. The van der Waals surface area contributed by atoms with Gasteiger partial charge in [-0.25, -0.2) is 0 Å². The summed E-state index contributed by atoms with van der Waals surface area (Å²) < 4.78 is 45.1. The molecule has 1 heterocycles. The third-order valence-electron chi connectivity index (χ3n) is 5.86. The van der Waals surface area contributed by atoms with Gasteiger partial charge in [0, 0.05) is 31.6 Å². The van der Waals surface area contributed by atoms with E-state index in [1.165, 1.54) is 17.0 Å². The Bertz CT molecular complexity index is 963. The molecule has 1 unspecified atom stereocenters. The van der Waals surface area contributed by atoms with Crippen LogP contribution in [-0.4, -0.2) is 53.9 Å². The van der Waals surface area contributed by atoms with E-state index in [4.69, 9.17) is 4.74 Å². The van der Waals surface area contributed by atoms with Crippen molar-refractivity contribution in [3.63, 3.8) is 0 Å². The highest BCUT2D eigenvalue weighted by Gasteiger charge is 2.33. The van der Waals surface area contributed by atoms with Crippen molar-refractivity contribution in [3.8, 4) is 0 Å². The number of carbonyl (C=O) groups excluding carboxylic acids is 2. The molecule has 0 aromatic heterocycles. The van der Waals surface area contributed by atoms with Crippen molar-refractivity contribution in [2.75, 3.05) is 26.2 Å². The van der Waals surface area contributed by atoms with E-state index in [0.29, 0.717) is 25.7 Å². The summed E-state index contributed by atoms with van der Waals surface area (Å²) in [6.07, 6.45) is -3.65. The highest BCUT2D eigenvalue weighted by molar-refractivity contribution is 5.95. The standard InChI is InChI=1S/C26H31F3N2O3/c1-19(2)15-23(18-34-17-20-7-4-3-5-8-20)31-14-13-30(12-11-24(31)32)25(33)21-9-6-10-22(16-21)26(27,28)29/h3-10,16,19,23H,11-15,17-18H2,1-2H3. The number of benzene rings is 2. The molecule has 2 aromatic carbocycles. The van der Waals surface area contributed by atoms with E-state index in [-0.39, 0.29) is 37.0 Å². The first-order valence-electron chi connectivity index (χ1n) is 11.5. The first-order chi connectivity index (χ1) is 16.1. The Balaban J connectivity index is 1.66. The van der Waals surface area contributed by atoms with Gasteiger partial charge in [0.25, 0.3) is 5.91 Å². The van der Waals surface area contributed by atoms with Gasteiger partial charge in [0.05, 0.1) is 24.8 Å². The van der Waals surface area contributed by atoms with Gasteiger partial charge in [0.2, 0.25) is 5.91 Å². The zero-order valence-electron chi connectivity index (χ0n) is 19.6. The summed E-state index contributed by atoms with van der Waals surface area (Å²) in [5.41, 5.74) is 0.157. The van der Waals surface area contributed by atoms with Crippen LogP contribution >= 0.6 is 0 Å². The van der Waals surface area contributed by atoms with Gasteiger partial charge < -0.3 is 14.5 Å². The summed E-state index contributed by atoms with van der Waals surface area (Å²) in [5, 5.41) is 0. The first kappa shape index (κ1) is 25.7. The average Bonchev–Trinajstić information content (AvgIpc) is 2.99. The highest BCUT2D eigenvalue weighted by atomic mass is 19.4. The summed E-state index contributed by atoms with van der Waals surface area (Å²) in [6, 6.07) is 14.1. The first-order valence-corrected chi connectivity index (χ1v) is 11.5. The van der Waals surface area contributed by atoms with Crippen LogP contribution in [0, 0.1) is 5.92 Å².